The molecule has 0 unspecified atom stereocenters. The first kappa shape index (κ1) is 18.5. The Labute approximate surface area is 150 Å². The van der Waals surface area contributed by atoms with E-state index < -0.39 is 32.6 Å². The van der Waals surface area contributed by atoms with Crippen molar-refractivity contribution < 1.29 is 28.0 Å². The Morgan fingerprint density at radius 3 is 2.58 bits per heavy atom. The van der Waals surface area contributed by atoms with Crippen molar-refractivity contribution >= 4 is 27.4 Å². The zero-order valence-electron chi connectivity index (χ0n) is 13.9. The molecular weight excluding hydrogens is 366 g/mol. The van der Waals surface area contributed by atoms with Gasteiger partial charge in [0.2, 0.25) is 10.0 Å². The van der Waals surface area contributed by atoms with Gasteiger partial charge in [-0.05, 0) is 25.0 Å². The molecule has 2 aliphatic heterocycles. The zero-order valence-corrected chi connectivity index (χ0v) is 14.7. The molecule has 26 heavy (non-hydrogen) atoms. The van der Waals surface area contributed by atoms with E-state index in [1.54, 1.807) is 0 Å². The summed E-state index contributed by atoms with van der Waals surface area (Å²) in [6.45, 7) is 1.28. The van der Waals surface area contributed by atoms with Crippen LogP contribution < -0.4 is 4.90 Å². The van der Waals surface area contributed by atoms with Crippen LogP contribution in [0.3, 0.4) is 0 Å². The number of anilines is 1. The second-order valence-electron chi connectivity index (χ2n) is 6.11. The SMILES string of the molecule is O=C(O)[C@@H]1CCCN1c1ccc(S(=O)(=O)N2CCOCC2)cc1[N+](=O)[O-]. The van der Waals surface area contributed by atoms with E-state index in [2.05, 4.69) is 0 Å². The minimum absolute atomic E-state index is 0.126. The van der Waals surface area contributed by atoms with Crippen LogP contribution in [0.15, 0.2) is 23.1 Å². The van der Waals surface area contributed by atoms with Gasteiger partial charge in [0.25, 0.3) is 5.69 Å². The van der Waals surface area contributed by atoms with E-state index >= 15 is 0 Å². The van der Waals surface area contributed by atoms with Crippen LogP contribution in [0.25, 0.3) is 0 Å². The number of morpholine rings is 1. The average molecular weight is 385 g/mol. The quantitative estimate of drug-likeness (QED) is 0.578. The van der Waals surface area contributed by atoms with Crippen molar-refractivity contribution in [2.24, 2.45) is 0 Å². The summed E-state index contributed by atoms with van der Waals surface area (Å²) in [6.07, 6.45) is 0.988. The third kappa shape index (κ3) is 3.37. The molecular formula is C15H19N3O7S. The van der Waals surface area contributed by atoms with Gasteiger partial charge in [0, 0.05) is 25.7 Å². The van der Waals surface area contributed by atoms with Crippen LogP contribution in [-0.4, -0.2) is 67.6 Å². The summed E-state index contributed by atoms with van der Waals surface area (Å²) < 4.78 is 31.8. The molecule has 0 radical (unpaired) electrons. The third-order valence-electron chi connectivity index (χ3n) is 4.60. The standard InChI is InChI=1S/C15H19N3O7S/c19-15(20)13-2-1-5-17(13)12-4-3-11(10-14(12)18(21)22)26(23,24)16-6-8-25-9-7-16/h3-4,10,13H,1-2,5-9H2,(H,19,20)/t13-/m0/s1. The number of benzene rings is 1. The first-order chi connectivity index (χ1) is 12.3. The van der Waals surface area contributed by atoms with E-state index in [4.69, 9.17) is 4.74 Å². The second kappa shape index (κ2) is 7.17. The summed E-state index contributed by atoms with van der Waals surface area (Å²) in [7, 11) is -3.87. The zero-order chi connectivity index (χ0) is 18.9. The highest BCUT2D eigenvalue weighted by Crippen LogP contribution is 2.36. The maximum absolute atomic E-state index is 12.7. The number of carboxylic acid groups (broad SMARTS) is 1. The lowest BCUT2D eigenvalue weighted by Gasteiger charge is -2.27. The number of sulfonamides is 1. The Morgan fingerprint density at radius 2 is 1.96 bits per heavy atom. The van der Waals surface area contributed by atoms with Gasteiger partial charge in [0.05, 0.1) is 23.0 Å². The highest BCUT2D eigenvalue weighted by Gasteiger charge is 2.36. The Balaban J connectivity index is 2.00. The minimum Gasteiger partial charge on any atom is -0.480 e. The molecule has 0 aromatic heterocycles. The number of aliphatic carboxylic acids is 1. The number of ether oxygens (including phenoxy) is 1. The van der Waals surface area contributed by atoms with Gasteiger partial charge < -0.3 is 14.7 Å². The molecule has 0 amide bonds. The Kier molecular flexibility index (Phi) is 5.12. The van der Waals surface area contributed by atoms with Gasteiger partial charge in [0.15, 0.2) is 0 Å². The molecule has 0 aliphatic carbocycles. The molecule has 142 valence electrons. The predicted molar refractivity (Wildman–Crippen MR) is 90.7 cm³/mol. The topological polar surface area (TPSA) is 130 Å². The van der Waals surface area contributed by atoms with Crippen LogP contribution in [0.4, 0.5) is 11.4 Å². The second-order valence-corrected chi connectivity index (χ2v) is 8.05. The molecule has 0 saturated carbocycles. The van der Waals surface area contributed by atoms with Crippen LogP contribution in [0, 0.1) is 10.1 Å². The first-order valence-corrected chi connectivity index (χ1v) is 9.62. The molecule has 2 saturated heterocycles. The fraction of sp³-hybridized carbons (Fsp3) is 0.533. The van der Waals surface area contributed by atoms with E-state index in [9.17, 15) is 28.4 Å². The van der Waals surface area contributed by atoms with Gasteiger partial charge in [-0.2, -0.15) is 4.31 Å². The number of nitrogens with zero attached hydrogens (tertiary/aromatic N) is 3. The van der Waals surface area contributed by atoms with E-state index in [1.807, 2.05) is 0 Å². The van der Waals surface area contributed by atoms with Crippen LogP contribution in [-0.2, 0) is 19.6 Å². The molecule has 11 heteroatoms. The molecule has 10 nitrogen and oxygen atoms in total. The van der Waals surface area contributed by atoms with Crippen molar-refractivity contribution in [2.45, 2.75) is 23.8 Å². The molecule has 2 aliphatic rings. The molecule has 1 atom stereocenters. The number of carbonyl (C=O) groups is 1. The van der Waals surface area contributed by atoms with Gasteiger partial charge in [-0.3, -0.25) is 10.1 Å². The van der Waals surface area contributed by atoms with Crippen LogP contribution >= 0.6 is 0 Å². The van der Waals surface area contributed by atoms with E-state index in [0.29, 0.717) is 19.4 Å². The summed E-state index contributed by atoms with van der Waals surface area (Å²) in [4.78, 5) is 23.5. The number of rotatable bonds is 5. The van der Waals surface area contributed by atoms with E-state index in [0.717, 1.165) is 6.07 Å². The fourth-order valence-corrected chi connectivity index (χ4v) is 4.73. The van der Waals surface area contributed by atoms with E-state index in [1.165, 1.54) is 21.3 Å². The maximum Gasteiger partial charge on any atom is 0.326 e. The van der Waals surface area contributed by atoms with Gasteiger partial charge in [-0.15, -0.1) is 0 Å². The van der Waals surface area contributed by atoms with Crippen molar-refractivity contribution in [1.82, 2.24) is 4.31 Å². The molecule has 3 rings (SSSR count). The van der Waals surface area contributed by atoms with Gasteiger partial charge >= 0.3 is 5.97 Å². The number of carboxylic acids is 1. The third-order valence-corrected chi connectivity index (χ3v) is 6.49. The van der Waals surface area contributed by atoms with Crippen LogP contribution in [0.1, 0.15) is 12.8 Å². The fourth-order valence-electron chi connectivity index (χ4n) is 3.30. The van der Waals surface area contributed by atoms with Crippen LogP contribution in [0.5, 0.6) is 0 Å². The molecule has 1 N–H and O–H groups in total. The number of nitro groups is 1. The first-order valence-electron chi connectivity index (χ1n) is 8.18. The normalized spacial score (nSPS) is 21.7. The van der Waals surface area contributed by atoms with Crippen molar-refractivity contribution in [3.05, 3.63) is 28.3 Å². The highest BCUT2D eigenvalue weighted by atomic mass is 32.2. The van der Waals surface area contributed by atoms with Crippen molar-refractivity contribution in [1.29, 1.82) is 0 Å². The van der Waals surface area contributed by atoms with Crippen LogP contribution in [0.2, 0.25) is 0 Å². The largest absolute Gasteiger partial charge is 0.480 e. The smallest absolute Gasteiger partial charge is 0.326 e. The molecule has 2 heterocycles. The molecule has 0 spiro atoms. The molecule has 1 aromatic carbocycles. The summed E-state index contributed by atoms with van der Waals surface area (Å²) >= 11 is 0. The maximum atomic E-state index is 12.7. The summed E-state index contributed by atoms with van der Waals surface area (Å²) in [5.74, 6) is -1.05. The Morgan fingerprint density at radius 1 is 1.27 bits per heavy atom. The molecule has 0 bridgehead atoms. The predicted octanol–water partition coefficient (Wildman–Crippen LogP) is 0.669. The lowest BCUT2D eigenvalue weighted by atomic mass is 10.2. The van der Waals surface area contributed by atoms with Crippen molar-refractivity contribution in [2.75, 3.05) is 37.7 Å². The number of hydrogen-bond acceptors (Lipinski definition) is 7. The van der Waals surface area contributed by atoms with E-state index in [-0.39, 0.29) is 36.9 Å². The Hall–Kier alpha value is -2.24. The lowest BCUT2D eigenvalue weighted by molar-refractivity contribution is -0.384. The number of nitro benzene ring substituents is 1. The highest BCUT2D eigenvalue weighted by molar-refractivity contribution is 7.89. The molecule has 2 fully saturated rings. The van der Waals surface area contributed by atoms with Gasteiger partial charge in [-0.25, -0.2) is 13.2 Å². The summed E-state index contributed by atoms with van der Waals surface area (Å²) in [5, 5.41) is 20.8. The van der Waals surface area contributed by atoms with Gasteiger partial charge in [-0.1, -0.05) is 0 Å². The lowest BCUT2D eigenvalue weighted by Crippen LogP contribution is -2.40. The van der Waals surface area contributed by atoms with Gasteiger partial charge in [0.1, 0.15) is 11.7 Å². The Bertz CT molecular complexity index is 821. The average Bonchev–Trinajstić information content (AvgIpc) is 3.11. The minimum atomic E-state index is -3.87. The number of hydrogen-bond donors (Lipinski definition) is 1. The molecule has 1 aromatic rings. The van der Waals surface area contributed by atoms with Crippen molar-refractivity contribution in [3.63, 3.8) is 0 Å². The van der Waals surface area contributed by atoms with Crippen molar-refractivity contribution in [3.8, 4) is 0 Å². The summed E-state index contributed by atoms with van der Waals surface area (Å²) in [6, 6.07) is 2.78. The summed E-state index contributed by atoms with van der Waals surface area (Å²) in [5.41, 5.74) is -0.284. The monoisotopic (exact) mass is 385 g/mol.